The van der Waals surface area contributed by atoms with E-state index >= 15 is 0 Å². The molecule has 3 heteroatoms. The molecule has 0 bridgehead atoms. The van der Waals surface area contributed by atoms with Crippen LogP contribution in [0.5, 0.6) is 0 Å². The van der Waals surface area contributed by atoms with Crippen molar-refractivity contribution in [1.82, 2.24) is 0 Å². The van der Waals surface area contributed by atoms with E-state index in [-0.39, 0.29) is 10.6 Å². The monoisotopic (exact) mass is 203 g/mol. The fourth-order valence-corrected chi connectivity index (χ4v) is 1.69. The van der Waals surface area contributed by atoms with Crippen molar-refractivity contribution in [3.8, 4) is 0 Å². The van der Waals surface area contributed by atoms with Crippen LogP contribution in [0.1, 0.15) is 36.8 Å². The Kier molecular flexibility index (Phi) is 2.54. The van der Waals surface area contributed by atoms with Crippen LogP contribution in [0.2, 0.25) is 0 Å². The highest BCUT2D eigenvalue weighted by molar-refractivity contribution is 5.56. The summed E-state index contributed by atoms with van der Waals surface area (Å²) in [7, 11) is 0. The lowest BCUT2D eigenvalue weighted by atomic mass is 10.0. The minimum Gasteiger partial charge on any atom is -0.259 e. The molecule has 2 rings (SSSR count). The van der Waals surface area contributed by atoms with E-state index in [0.717, 1.165) is 5.56 Å². The summed E-state index contributed by atoms with van der Waals surface area (Å²) < 4.78 is 0. The molecule has 0 aromatic heterocycles. The Morgan fingerprint density at radius 1 is 1.47 bits per heavy atom. The standard InChI is InChI=1S/C12H13NO2/c1-9(13(14)15)8-11-4-2-3-5-12(11)10-6-7-10/h2-5,8,10H,6-7H2,1H3/b9-8-. The molecule has 0 spiro atoms. The van der Waals surface area contributed by atoms with Crippen LogP contribution in [0.25, 0.3) is 6.08 Å². The van der Waals surface area contributed by atoms with Gasteiger partial charge in [-0.3, -0.25) is 10.1 Å². The molecule has 1 aliphatic rings. The lowest BCUT2D eigenvalue weighted by Gasteiger charge is -2.02. The summed E-state index contributed by atoms with van der Waals surface area (Å²) in [5, 5.41) is 10.5. The van der Waals surface area contributed by atoms with Gasteiger partial charge in [-0.25, -0.2) is 0 Å². The zero-order valence-corrected chi connectivity index (χ0v) is 8.64. The third kappa shape index (κ3) is 2.24. The van der Waals surface area contributed by atoms with Gasteiger partial charge in [0.15, 0.2) is 0 Å². The van der Waals surface area contributed by atoms with Gasteiger partial charge in [0.2, 0.25) is 5.70 Å². The third-order valence-electron chi connectivity index (χ3n) is 2.67. The van der Waals surface area contributed by atoms with Crippen LogP contribution in [0.15, 0.2) is 30.0 Å². The van der Waals surface area contributed by atoms with Crippen LogP contribution in [0, 0.1) is 10.1 Å². The number of allylic oxidation sites excluding steroid dienone is 1. The molecule has 0 N–H and O–H groups in total. The van der Waals surface area contributed by atoms with Crippen LogP contribution in [-0.4, -0.2) is 4.92 Å². The van der Waals surface area contributed by atoms with E-state index in [1.54, 1.807) is 6.08 Å². The first-order valence-electron chi connectivity index (χ1n) is 5.10. The van der Waals surface area contributed by atoms with Gasteiger partial charge in [-0.2, -0.15) is 0 Å². The van der Waals surface area contributed by atoms with Crippen LogP contribution in [0.3, 0.4) is 0 Å². The SMILES string of the molecule is C/C(=C/c1ccccc1C1CC1)[N+](=O)[O-]. The summed E-state index contributed by atoms with van der Waals surface area (Å²) in [5.74, 6) is 0.622. The molecular weight excluding hydrogens is 190 g/mol. The summed E-state index contributed by atoms with van der Waals surface area (Å²) in [6.07, 6.45) is 4.08. The quantitative estimate of drug-likeness (QED) is 0.559. The third-order valence-corrected chi connectivity index (χ3v) is 2.67. The maximum atomic E-state index is 10.5. The molecule has 3 nitrogen and oxygen atoms in total. The maximum Gasteiger partial charge on any atom is 0.243 e. The molecule has 1 aromatic carbocycles. The summed E-state index contributed by atoms with van der Waals surface area (Å²) in [6.45, 7) is 1.53. The van der Waals surface area contributed by atoms with Crippen molar-refractivity contribution < 1.29 is 4.92 Å². The Balaban J connectivity index is 2.35. The fraction of sp³-hybridized carbons (Fsp3) is 0.333. The van der Waals surface area contributed by atoms with E-state index in [2.05, 4.69) is 6.07 Å². The van der Waals surface area contributed by atoms with Gasteiger partial charge in [-0.05, 0) is 29.9 Å². The number of hydrogen-bond acceptors (Lipinski definition) is 2. The second-order valence-corrected chi connectivity index (χ2v) is 3.95. The van der Waals surface area contributed by atoms with Gasteiger partial charge in [0.25, 0.3) is 0 Å². The molecule has 1 saturated carbocycles. The predicted octanol–water partition coefficient (Wildman–Crippen LogP) is 3.20. The summed E-state index contributed by atoms with van der Waals surface area (Å²) in [6, 6.07) is 7.93. The van der Waals surface area contributed by atoms with Gasteiger partial charge in [-0.15, -0.1) is 0 Å². The first kappa shape index (κ1) is 9.90. The molecule has 0 atom stereocenters. The molecule has 1 aliphatic carbocycles. The molecule has 1 fully saturated rings. The highest BCUT2D eigenvalue weighted by Crippen LogP contribution is 2.41. The molecule has 0 unspecified atom stereocenters. The highest BCUT2D eigenvalue weighted by atomic mass is 16.6. The van der Waals surface area contributed by atoms with Gasteiger partial charge in [0.05, 0.1) is 4.92 Å². The largest absolute Gasteiger partial charge is 0.259 e. The molecule has 0 radical (unpaired) electrons. The first-order chi connectivity index (χ1) is 7.18. The maximum absolute atomic E-state index is 10.5. The van der Waals surface area contributed by atoms with Crippen LogP contribution in [-0.2, 0) is 0 Å². The lowest BCUT2D eigenvalue weighted by Crippen LogP contribution is -1.94. The Morgan fingerprint density at radius 3 is 2.73 bits per heavy atom. The van der Waals surface area contributed by atoms with Crippen LogP contribution in [0.4, 0.5) is 0 Å². The number of hydrogen-bond donors (Lipinski definition) is 0. The molecular formula is C12H13NO2. The Hall–Kier alpha value is -1.64. The number of nitrogens with zero attached hydrogens (tertiary/aromatic N) is 1. The van der Waals surface area contributed by atoms with Crippen molar-refractivity contribution in [3.05, 3.63) is 51.2 Å². The minimum absolute atomic E-state index is 0.197. The van der Waals surface area contributed by atoms with E-state index < -0.39 is 0 Å². The van der Waals surface area contributed by atoms with Gasteiger partial charge < -0.3 is 0 Å². The average molecular weight is 203 g/mol. The molecule has 78 valence electrons. The number of nitro groups is 1. The van der Waals surface area contributed by atoms with Crippen molar-refractivity contribution in [2.75, 3.05) is 0 Å². The van der Waals surface area contributed by atoms with E-state index in [9.17, 15) is 10.1 Å². The number of benzene rings is 1. The van der Waals surface area contributed by atoms with Crippen molar-refractivity contribution in [2.45, 2.75) is 25.7 Å². The fourth-order valence-electron chi connectivity index (χ4n) is 1.69. The molecule has 0 amide bonds. The summed E-state index contributed by atoms with van der Waals surface area (Å²) in [5.41, 5.74) is 2.44. The summed E-state index contributed by atoms with van der Waals surface area (Å²) in [4.78, 5) is 10.2. The zero-order chi connectivity index (χ0) is 10.8. The normalized spacial score (nSPS) is 16.5. The van der Waals surface area contributed by atoms with Crippen molar-refractivity contribution in [2.24, 2.45) is 0 Å². The van der Waals surface area contributed by atoms with Gasteiger partial charge in [-0.1, -0.05) is 24.3 Å². The van der Waals surface area contributed by atoms with Gasteiger partial charge >= 0.3 is 0 Å². The minimum atomic E-state index is -0.344. The van der Waals surface area contributed by atoms with E-state index in [1.807, 2.05) is 18.2 Å². The van der Waals surface area contributed by atoms with Gasteiger partial charge in [0, 0.05) is 13.0 Å². The average Bonchev–Trinajstić information content (AvgIpc) is 3.02. The lowest BCUT2D eigenvalue weighted by molar-refractivity contribution is -0.422. The van der Waals surface area contributed by atoms with Crippen molar-refractivity contribution in [3.63, 3.8) is 0 Å². The second-order valence-electron chi connectivity index (χ2n) is 3.95. The second kappa shape index (κ2) is 3.85. The number of rotatable bonds is 3. The highest BCUT2D eigenvalue weighted by Gasteiger charge is 2.25. The van der Waals surface area contributed by atoms with Crippen LogP contribution >= 0.6 is 0 Å². The Morgan fingerprint density at radius 2 is 2.13 bits per heavy atom. The van der Waals surface area contributed by atoms with E-state index in [1.165, 1.54) is 25.3 Å². The smallest absolute Gasteiger partial charge is 0.243 e. The first-order valence-corrected chi connectivity index (χ1v) is 5.10. The predicted molar refractivity (Wildman–Crippen MR) is 59.1 cm³/mol. The zero-order valence-electron chi connectivity index (χ0n) is 8.64. The Labute approximate surface area is 88.6 Å². The van der Waals surface area contributed by atoms with Crippen molar-refractivity contribution >= 4 is 6.08 Å². The van der Waals surface area contributed by atoms with E-state index in [4.69, 9.17) is 0 Å². The van der Waals surface area contributed by atoms with Crippen molar-refractivity contribution in [1.29, 1.82) is 0 Å². The van der Waals surface area contributed by atoms with Gasteiger partial charge in [0.1, 0.15) is 0 Å². The molecule has 0 heterocycles. The van der Waals surface area contributed by atoms with Crippen LogP contribution < -0.4 is 0 Å². The molecule has 15 heavy (non-hydrogen) atoms. The summed E-state index contributed by atoms with van der Waals surface area (Å²) >= 11 is 0. The topological polar surface area (TPSA) is 43.1 Å². The molecule has 1 aromatic rings. The molecule has 0 aliphatic heterocycles. The molecule has 0 saturated heterocycles. The Bertz CT molecular complexity index is 419. The van der Waals surface area contributed by atoms with E-state index in [0.29, 0.717) is 5.92 Å².